The predicted molar refractivity (Wildman–Crippen MR) is 73.2 cm³/mol. The highest BCUT2D eigenvalue weighted by Gasteiger charge is 2.58. The van der Waals surface area contributed by atoms with Gasteiger partial charge in [-0.05, 0) is 13.0 Å². The van der Waals surface area contributed by atoms with Gasteiger partial charge in [-0.2, -0.15) is 8.78 Å². The molecule has 0 saturated carbocycles. The van der Waals surface area contributed by atoms with E-state index in [1.54, 1.807) is 0 Å². The third-order valence-corrected chi connectivity index (χ3v) is 2.89. The lowest BCUT2D eigenvalue weighted by Crippen LogP contribution is -2.46. The Hall–Kier alpha value is -1.29. The number of alkyl halides is 2. The number of hydrogen-bond acceptors (Lipinski definition) is 6. The van der Waals surface area contributed by atoms with Gasteiger partial charge < -0.3 is 30.9 Å². The molecule has 21 heavy (non-hydrogen) atoms. The van der Waals surface area contributed by atoms with E-state index in [2.05, 4.69) is 10.6 Å². The van der Waals surface area contributed by atoms with E-state index < -0.39 is 24.4 Å². The Kier molecular flexibility index (Phi) is 6.96. The van der Waals surface area contributed by atoms with E-state index >= 15 is 0 Å². The number of aliphatic hydroxyl groups is 1. The number of hydrogen-bond donors (Lipinski definition) is 5. The number of ether oxygens (including phenoxy) is 2. The highest BCUT2D eigenvalue weighted by Crippen LogP contribution is 2.34. The summed E-state index contributed by atoms with van der Waals surface area (Å²) in [5, 5.41) is 21.7. The number of aliphatic hydroxyl groups excluding tert-OH is 1. The summed E-state index contributed by atoms with van der Waals surface area (Å²) in [7, 11) is 0. The van der Waals surface area contributed by atoms with Crippen LogP contribution in [0.2, 0.25) is 0 Å². The van der Waals surface area contributed by atoms with Crippen molar-refractivity contribution in [3.05, 3.63) is 12.3 Å². The molecule has 0 spiro atoms. The Morgan fingerprint density at radius 2 is 2.29 bits per heavy atom. The van der Waals surface area contributed by atoms with Crippen LogP contribution in [-0.4, -0.2) is 61.6 Å². The molecule has 0 aliphatic carbocycles. The second kappa shape index (κ2) is 8.23. The molecule has 0 unspecified atom stereocenters. The summed E-state index contributed by atoms with van der Waals surface area (Å²) < 4.78 is 37.8. The molecule has 1 aliphatic rings. The van der Waals surface area contributed by atoms with Crippen LogP contribution in [0.4, 0.5) is 8.78 Å². The maximum atomic E-state index is 13.8. The first-order chi connectivity index (χ1) is 9.89. The normalized spacial score (nSPS) is 28.1. The van der Waals surface area contributed by atoms with Crippen molar-refractivity contribution in [1.29, 1.82) is 5.41 Å². The molecule has 0 bridgehead atoms. The number of halogens is 2. The van der Waals surface area contributed by atoms with Gasteiger partial charge in [0.05, 0.1) is 6.61 Å². The minimum atomic E-state index is -3.44. The zero-order chi connectivity index (χ0) is 15.9. The van der Waals surface area contributed by atoms with Crippen LogP contribution in [0.5, 0.6) is 0 Å². The van der Waals surface area contributed by atoms with Gasteiger partial charge in [0.1, 0.15) is 18.0 Å². The van der Waals surface area contributed by atoms with Crippen LogP contribution in [0.15, 0.2) is 12.3 Å². The molecular formula is C12H22F2N4O3. The molecule has 0 radical (unpaired) electrons. The van der Waals surface area contributed by atoms with E-state index in [4.69, 9.17) is 20.6 Å². The molecule has 1 fully saturated rings. The van der Waals surface area contributed by atoms with E-state index in [1.807, 2.05) is 6.92 Å². The predicted octanol–water partition coefficient (Wildman–Crippen LogP) is -0.627. The standard InChI is InChI=1S/C12H22F2N4O3/c1-2-20-6-5-17-7-8-10(19)12(13,14)11(21-8)18-4-3-9(15)16/h3-4,8,10-11,17-19H,2,5-7H2,1H3,(H3,15,16)/b4-3-/t8-,10-,11-/m1/s1. The Balaban J connectivity index is 2.44. The first-order valence-corrected chi connectivity index (χ1v) is 6.66. The Labute approximate surface area is 122 Å². The summed E-state index contributed by atoms with van der Waals surface area (Å²) in [6.07, 6.45) is -2.41. The van der Waals surface area contributed by atoms with Gasteiger partial charge >= 0.3 is 5.92 Å². The quantitative estimate of drug-likeness (QED) is 0.220. The third kappa shape index (κ3) is 5.20. The van der Waals surface area contributed by atoms with E-state index in [0.717, 1.165) is 12.3 Å². The molecule has 3 atom stereocenters. The fourth-order valence-electron chi connectivity index (χ4n) is 1.81. The lowest BCUT2D eigenvalue weighted by Gasteiger charge is -2.19. The molecule has 7 nitrogen and oxygen atoms in total. The zero-order valence-electron chi connectivity index (χ0n) is 11.8. The van der Waals surface area contributed by atoms with Crippen molar-refractivity contribution >= 4 is 5.84 Å². The van der Waals surface area contributed by atoms with Crippen LogP contribution in [0.3, 0.4) is 0 Å². The first-order valence-electron chi connectivity index (χ1n) is 6.66. The highest BCUT2D eigenvalue weighted by atomic mass is 19.3. The fraction of sp³-hybridized carbons (Fsp3) is 0.750. The molecule has 1 aliphatic heterocycles. The maximum absolute atomic E-state index is 13.8. The van der Waals surface area contributed by atoms with Crippen LogP contribution in [-0.2, 0) is 9.47 Å². The van der Waals surface area contributed by atoms with Gasteiger partial charge in [0.15, 0.2) is 6.23 Å². The van der Waals surface area contributed by atoms with Gasteiger partial charge in [-0.1, -0.05) is 0 Å². The van der Waals surface area contributed by atoms with Crippen LogP contribution in [0.25, 0.3) is 0 Å². The summed E-state index contributed by atoms with van der Waals surface area (Å²) in [4.78, 5) is 0. The van der Waals surface area contributed by atoms with E-state index in [-0.39, 0.29) is 12.4 Å². The molecule has 1 rings (SSSR count). The van der Waals surface area contributed by atoms with Crippen LogP contribution < -0.4 is 16.4 Å². The average molecular weight is 308 g/mol. The second-order valence-electron chi connectivity index (χ2n) is 4.53. The van der Waals surface area contributed by atoms with Gasteiger partial charge in [-0.25, -0.2) is 0 Å². The van der Waals surface area contributed by atoms with Gasteiger partial charge in [0.2, 0.25) is 0 Å². The second-order valence-corrected chi connectivity index (χ2v) is 4.53. The third-order valence-electron chi connectivity index (χ3n) is 2.89. The zero-order valence-corrected chi connectivity index (χ0v) is 11.8. The average Bonchev–Trinajstić information content (AvgIpc) is 2.62. The first kappa shape index (κ1) is 17.8. The summed E-state index contributed by atoms with van der Waals surface area (Å²) in [6, 6.07) is 0. The minimum Gasteiger partial charge on any atom is -0.384 e. The van der Waals surface area contributed by atoms with Crippen LogP contribution in [0.1, 0.15) is 6.92 Å². The number of amidine groups is 1. The van der Waals surface area contributed by atoms with E-state index in [0.29, 0.717) is 19.8 Å². The number of nitrogens with two attached hydrogens (primary N) is 1. The van der Waals surface area contributed by atoms with Crippen molar-refractivity contribution in [1.82, 2.24) is 10.6 Å². The topological polar surface area (TPSA) is 113 Å². The SMILES string of the molecule is CCOCCNC[C@H]1O[C@@H](N/C=C\C(=N)N)C(F)(F)[C@@H]1O. The molecular weight excluding hydrogens is 286 g/mol. The molecule has 1 saturated heterocycles. The van der Waals surface area contributed by atoms with Crippen LogP contribution >= 0.6 is 0 Å². The van der Waals surface area contributed by atoms with Crippen molar-refractivity contribution in [3.8, 4) is 0 Å². The lowest BCUT2D eigenvalue weighted by molar-refractivity contribution is -0.117. The van der Waals surface area contributed by atoms with Gasteiger partial charge in [-0.15, -0.1) is 0 Å². The Morgan fingerprint density at radius 3 is 2.90 bits per heavy atom. The molecule has 122 valence electrons. The van der Waals surface area contributed by atoms with Gasteiger partial charge in [0, 0.05) is 25.9 Å². The molecule has 0 amide bonds. The van der Waals surface area contributed by atoms with Crippen molar-refractivity contribution in [3.63, 3.8) is 0 Å². The smallest absolute Gasteiger partial charge is 0.319 e. The summed E-state index contributed by atoms with van der Waals surface area (Å²) >= 11 is 0. The highest BCUT2D eigenvalue weighted by molar-refractivity contribution is 5.88. The molecule has 9 heteroatoms. The largest absolute Gasteiger partial charge is 0.384 e. The Morgan fingerprint density at radius 1 is 1.57 bits per heavy atom. The molecule has 6 N–H and O–H groups in total. The minimum absolute atomic E-state index is 0.0818. The summed E-state index contributed by atoms with van der Waals surface area (Å²) in [6.45, 7) is 3.46. The van der Waals surface area contributed by atoms with Gasteiger partial charge in [0.25, 0.3) is 0 Å². The Bertz CT molecular complexity index is 368. The molecule has 0 aromatic heterocycles. The van der Waals surface area contributed by atoms with E-state index in [9.17, 15) is 13.9 Å². The number of nitrogens with one attached hydrogen (secondary N) is 3. The lowest BCUT2D eigenvalue weighted by atomic mass is 10.1. The summed E-state index contributed by atoms with van der Waals surface area (Å²) in [5.41, 5.74) is 5.06. The van der Waals surface area contributed by atoms with E-state index in [1.165, 1.54) is 0 Å². The van der Waals surface area contributed by atoms with Crippen molar-refractivity contribution in [2.75, 3.05) is 26.3 Å². The maximum Gasteiger partial charge on any atom is 0.319 e. The molecule has 0 aromatic carbocycles. The van der Waals surface area contributed by atoms with Gasteiger partial charge in [-0.3, -0.25) is 5.41 Å². The van der Waals surface area contributed by atoms with Crippen molar-refractivity contribution < 1.29 is 23.4 Å². The fourth-order valence-corrected chi connectivity index (χ4v) is 1.81. The number of rotatable bonds is 9. The molecule has 0 aromatic rings. The van der Waals surface area contributed by atoms with Crippen molar-refractivity contribution in [2.45, 2.75) is 31.3 Å². The summed E-state index contributed by atoms with van der Waals surface area (Å²) in [5.74, 6) is -3.72. The van der Waals surface area contributed by atoms with Crippen LogP contribution in [0, 0.1) is 5.41 Å². The molecule has 1 heterocycles. The monoisotopic (exact) mass is 308 g/mol. The van der Waals surface area contributed by atoms with Crippen molar-refractivity contribution in [2.24, 2.45) is 5.73 Å².